The minimum Gasteiger partial charge on any atom is -0.480 e. The average molecular weight is 257 g/mol. The topological polar surface area (TPSA) is 50.2 Å². The first kappa shape index (κ1) is 11.9. The molecule has 0 spiro atoms. The normalized spacial score (nSPS) is 24.8. The zero-order valence-electron chi connectivity index (χ0n) is 9.23. The number of rotatable bonds is 4. The lowest BCUT2D eigenvalue weighted by Gasteiger charge is -2.22. The summed E-state index contributed by atoms with van der Waals surface area (Å²) in [6, 6.07) is 0. The van der Waals surface area contributed by atoms with E-state index in [-0.39, 0.29) is 0 Å². The number of nitrogens with zero attached hydrogens (tertiary/aromatic N) is 1. The van der Waals surface area contributed by atoms with Crippen molar-refractivity contribution >= 4 is 29.1 Å². The van der Waals surface area contributed by atoms with Gasteiger partial charge in [0.1, 0.15) is 4.75 Å². The van der Waals surface area contributed by atoms with Crippen LogP contribution in [0.1, 0.15) is 29.8 Å². The van der Waals surface area contributed by atoms with Crippen molar-refractivity contribution in [3.63, 3.8) is 0 Å². The Labute approximate surface area is 103 Å². The molecule has 1 N–H and O–H groups in total. The molecule has 0 amide bonds. The summed E-state index contributed by atoms with van der Waals surface area (Å²) in [4.78, 5) is 16.8. The van der Waals surface area contributed by atoms with Crippen LogP contribution < -0.4 is 0 Å². The van der Waals surface area contributed by atoms with Crippen LogP contribution in [-0.2, 0) is 11.2 Å². The Balaban J connectivity index is 2.03. The fraction of sp³-hybridized carbons (Fsp3) is 0.636. The highest BCUT2D eigenvalue weighted by atomic mass is 32.2. The molecular formula is C11H15NO2S2. The Kier molecular flexibility index (Phi) is 3.54. The van der Waals surface area contributed by atoms with Gasteiger partial charge >= 0.3 is 5.97 Å². The Morgan fingerprint density at radius 2 is 2.50 bits per heavy atom. The van der Waals surface area contributed by atoms with Crippen LogP contribution in [0.2, 0.25) is 0 Å². The molecule has 3 nitrogen and oxygen atoms in total. The number of carbonyl (C=O) groups is 1. The van der Waals surface area contributed by atoms with E-state index in [4.69, 9.17) is 0 Å². The van der Waals surface area contributed by atoms with Crippen molar-refractivity contribution < 1.29 is 9.90 Å². The third kappa shape index (κ3) is 2.25. The molecule has 2 heterocycles. The van der Waals surface area contributed by atoms with Gasteiger partial charge < -0.3 is 5.11 Å². The van der Waals surface area contributed by atoms with E-state index >= 15 is 0 Å². The molecule has 88 valence electrons. The van der Waals surface area contributed by atoms with Crippen molar-refractivity contribution in [2.24, 2.45) is 0 Å². The van der Waals surface area contributed by atoms with Crippen LogP contribution in [-0.4, -0.2) is 26.6 Å². The van der Waals surface area contributed by atoms with Gasteiger partial charge in [0.2, 0.25) is 0 Å². The van der Waals surface area contributed by atoms with Gasteiger partial charge in [0, 0.05) is 4.88 Å². The van der Waals surface area contributed by atoms with Crippen LogP contribution in [0.4, 0.5) is 0 Å². The molecule has 1 atom stereocenters. The fourth-order valence-electron chi connectivity index (χ4n) is 2.05. The Bertz CT molecular complexity index is 383. The van der Waals surface area contributed by atoms with E-state index in [1.54, 1.807) is 23.1 Å². The van der Waals surface area contributed by atoms with Crippen LogP contribution in [0.5, 0.6) is 0 Å². The summed E-state index contributed by atoms with van der Waals surface area (Å²) in [5.41, 5.74) is 2.88. The van der Waals surface area contributed by atoms with E-state index in [1.165, 1.54) is 4.88 Å². The summed E-state index contributed by atoms with van der Waals surface area (Å²) >= 11 is 3.24. The molecule has 1 aliphatic rings. The van der Waals surface area contributed by atoms with E-state index in [0.29, 0.717) is 0 Å². The van der Waals surface area contributed by atoms with Crippen LogP contribution in [0.15, 0.2) is 5.51 Å². The first-order valence-corrected chi connectivity index (χ1v) is 7.27. The third-order valence-corrected chi connectivity index (χ3v) is 5.72. The molecule has 1 saturated heterocycles. The second-order valence-electron chi connectivity index (χ2n) is 4.11. The molecule has 16 heavy (non-hydrogen) atoms. The number of thiazole rings is 1. The monoisotopic (exact) mass is 257 g/mol. The highest BCUT2D eigenvalue weighted by molar-refractivity contribution is 8.01. The molecular weight excluding hydrogens is 242 g/mol. The fourth-order valence-corrected chi connectivity index (χ4v) is 4.17. The summed E-state index contributed by atoms with van der Waals surface area (Å²) in [6.07, 6.45) is 3.41. The molecule has 1 fully saturated rings. The van der Waals surface area contributed by atoms with Crippen molar-refractivity contribution in [3.8, 4) is 0 Å². The van der Waals surface area contributed by atoms with Gasteiger partial charge in [-0.05, 0) is 38.4 Å². The lowest BCUT2D eigenvalue weighted by molar-refractivity contribution is -0.140. The second-order valence-corrected chi connectivity index (χ2v) is 6.53. The van der Waals surface area contributed by atoms with Crippen molar-refractivity contribution in [2.45, 2.75) is 37.4 Å². The zero-order chi connectivity index (χ0) is 11.6. The Hall–Kier alpha value is -0.550. The summed E-state index contributed by atoms with van der Waals surface area (Å²) in [5, 5.41) is 9.33. The van der Waals surface area contributed by atoms with Gasteiger partial charge in [-0.25, -0.2) is 4.98 Å². The van der Waals surface area contributed by atoms with Gasteiger partial charge in [0.15, 0.2) is 0 Å². The highest BCUT2D eigenvalue weighted by Gasteiger charge is 2.41. The van der Waals surface area contributed by atoms with Gasteiger partial charge in [-0.15, -0.1) is 23.1 Å². The number of aromatic nitrogens is 1. The summed E-state index contributed by atoms with van der Waals surface area (Å²) in [5.74, 6) is 0.339. The molecule has 2 rings (SSSR count). The minimum atomic E-state index is -0.642. The number of hydrogen-bond acceptors (Lipinski definition) is 4. The number of aliphatic carboxylic acids is 1. The Morgan fingerprint density at radius 1 is 1.69 bits per heavy atom. The Morgan fingerprint density at radius 3 is 3.00 bits per heavy atom. The first-order chi connectivity index (χ1) is 7.64. The first-order valence-electron chi connectivity index (χ1n) is 5.40. The lowest BCUT2D eigenvalue weighted by Crippen LogP contribution is -2.32. The average Bonchev–Trinajstić information content (AvgIpc) is 2.84. The molecule has 0 radical (unpaired) electrons. The molecule has 0 aromatic carbocycles. The van der Waals surface area contributed by atoms with Crippen LogP contribution in [0.25, 0.3) is 0 Å². The summed E-state index contributed by atoms with van der Waals surface area (Å²) in [6.45, 7) is 1.99. The number of hydrogen-bond donors (Lipinski definition) is 1. The van der Waals surface area contributed by atoms with Gasteiger partial charge in [0.25, 0.3) is 0 Å². The predicted molar refractivity (Wildman–Crippen MR) is 67.2 cm³/mol. The predicted octanol–water partition coefficient (Wildman–Crippen LogP) is 2.73. The van der Waals surface area contributed by atoms with E-state index in [0.717, 1.165) is 37.1 Å². The zero-order valence-corrected chi connectivity index (χ0v) is 10.9. The number of thioether (sulfide) groups is 1. The van der Waals surface area contributed by atoms with Gasteiger partial charge in [0.05, 0.1) is 11.2 Å². The number of carboxylic acid groups (broad SMARTS) is 1. The van der Waals surface area contributed by atoms with Gasteiger partial charge in [-0.3, -0.25) is 4.79 Å². The quantitative estimate of drug-likeness (QED) is 0.901. The molecule has 1 unspecified atom stereocenters. The molecule has 0 bridgehead atoms. The third-order valence-electron chi connectivity index (χ3n) is 3.09. The maximum absolute atomic E-state index is 11.3. The second kappa shape index (κ2) is 4.75. The highest BCUT2D eigenvalue weighted by Crippen LogP contribution is 2.42. The summed E-state index contributed by atoms with van der Waals surface area (Å²) < 4.78 is -0.531. The lowest BCUT2D eigenvalue weighted by atomic mass is 9.97. The minimum absolute atomic E-state index is 0.531. The molecule has 0 aliphatic carbocycles. The molecule has 1 aliphatic heterocycles. The smallest absolute Gasteiger partial charge is 0.319 e. The standard InChI is InChI=1S/C11H15NO2S2/c1-8-9(15-7-12-8)3-5-11(10(13)14)4-2-6-16-11/h7H,2-6H2,1H3,(H,13,14). The van der Waals surface area contributed by atoms with Crippen molar-refractivity contribution in [2.75, 3.05) is 5.75 Å². The van der Waals surface area contributed by atoms with Crippen LogP contribution in [0.3, 0.4) is 0 Å². The van der Waals surface area contributed by atoms with Gasteiger partial charge in [-0.1, -0.05) is 0 Å². The van der Waals surface area contributed by atoms with E-state index in [9.17, 15) is 9.90 Å². The molecule has 1 aromatic heterocycles. The maximum Gasteiger partial charge on any atom is 0.319 e. The van der Waals surface area contributed by atoms with Crippen LogP contribution in [0, 0.1) is 6.92 Å². The van der Waals surface area contributed by atoms with Crippen molar-refractivity contribution in [1.82, 2.24) is 4.98 Å². The van der Waals surface area contributed by atoms with Crippen LogP contribution >= 0.6 is 23.1 Å². The number of aryl methyl sites for hydroxylation is 2. The van der Waals surface area contributed by atoms with E-state index in [1.807, 2.05) is 12.4 Å². The largest absolute Gasteiger partial charge is 0.480 e. The molecule has 1 aromatic rings. The van der Waals surface area contributed by atoms with Crippen molar-refractivity contribution in [1.29, 1.82) is 0 Å². The summed E-state index contributed by atoms with van der Waals surface area (Å²) in [7, 11) is 0. The molecule has 5 heteroatoms. The van der Waals surface area contributed by atoms with E-state index < -0.39 is 10.7 Å². The van der Waals surface area contributed by atoms with E-state index in [2.05, 4.69) is 4.98 Å². The maximum atomic E-state index is 11.3. The van der Waals surface area contributed by atoms with Crippen molar-refractivity contribution in [3.05, 3.63) is 16.1 Å². The molecule has 0 saturated carbocycles. The van der Waals surface area contributed by atoms with Gasteiger partial charge in [-0.2, -0.15) is 0 Å². The SMILES string of the molecule is Cc1ncsc1CCC1(C(=O)O)CCCS1. The number of carboxylic acids is 1.